The number of benzene rings is 2. The van der Waals surface area contributed by atoms with Gasteiger partial charge in [0, 0.05) is 34.6 Å². The molecule has 0 bridgehead atoms. The Hall–Kier alpha value is -2.01. The first-order valence-corrected chi connectivity index (χ1v) is 9.10. The largest absolute Gasteiger partial charge is 0.372 e. The van der Waals surface area contributed by atoms with Gasteiger partial charge in [-0.2, -0.15) is 0 Å². The van der Waals surface area contributed by atoms with E-state index in [1.807, 2.05) is 37.3 Å². The van der Waals surface area contributed by atoms with Crippen molar-refractivity contribution in [2.45, 2.75) is 26.2 Å². The number of nitrogens with zero attached hydrogens (tertiary/aromatic N) is 1. The SMILES string of the molecule is Cc1cc(Br)ccc1NC(=O)Nc1ccc(N2CCCCC2)cc1. The number of halogens is 1. The number of hydrogen-bond donors (Lipinski definition) is 2. The molecule has 2 aromatic carbocycles. The molecule has 0 saturated carbocycles. The van der Waals surface area contributed by atoms with Crippen LogP contribution >= 0.6 is 15.9 Å². The number of nitrogens with one attached hydrogen (secondary N) is 2. The molecule has 4 nitrogen and oxygen atoms in total. The number of anilines is 3. The lowest BCUT2D eigenvalue weighted by Gasteiger charge is -2.28. The highest BCUT2D eigenvalue weighted by Crippen LogP contribution is 2.23. The zero-order valence-corrected chi connectivity index (χ0v) is 15.4. The van der Waals surface area contributed by atoms with E-state index in [2.05, 4.69) is 43.6 Å². The van der Waals surface area contributed by atoms with E-state index in [4.69, 9.17) is 0 Å². The minimum Gasteiger partial charge on any atom is -0.372 e. The Morgan fingerprint density at radius 2 is 1.71 bits per heavy atom. The molecule has 1 aliphatic heterocycles. The second kappa shape index (κ2) is 7.71. The van der Waals surface area contributed by atoms with Crippen molar-refractivity contribution in [2.75, 3.05) is 28.6 Å². The molecule has 0 radical (unpaired) electrons. The van der Waals surface area contributed by atoms with Crippen LogP contribution in [0.1, 0.15) is 24.8 Å². The Bertz CT molecular complexity index is 709. The smallest absolute Gasteiger partial charge is 0.323 e. The number of carbonyl (C=O) groups excluding carboxylic acids is 1. The minimum atomic E-state index is -0.230. The van der Waals surface area contributed by atoms with E-state index >= 15 is 0 Å². The van der Waals surface area contributed by atoms with E-state index in [0.717, 1.165) is 34.5 Å². The van der Waals surface area contributed by atoms with Crippen LogP contribution in [-0.2, 0) is 0 Å². The summed E-state index contributed by atoms with van der Waals surface area (Å²) in [5.41, 5.74) is 3.84. The molecule has 0 atom stereocenters. The second-order valence-electron chi connectivity index (χ2n) is 6.13. The minimum absolute atomic E-state index is 0.230. The summed E-state index contributed by atoms with van der Waals surface area (Å²) < 4.78 is 0.999. The topological polar surface area (TPSA) is 44.4 Å². The average Bonchev–Trinajstić information content (AvgIpc) is 2.59. The Morgan fingerprint density at radius 3 is 2.38 bits per heavy atom. The van der Waals surface area contributed by atoms with Crippen LogP contribution in [0.3, 0.4) is 0 Å². The number of urea groups is 1. The Labute approximate surface area is 151 Å². The summed E-state index contributed by atoms with van der Waals surface area (Å²) in [4.78, 5) is 14.6. The molecular formula is C19H22BrN3O. The fraction of sp³-hybridized carbons (Fsp3) is 0.316. The Morgan fingerprint density at radius 1 is 1.00 bits per heavy atom. The van der Waals surface area contributed by atoms with Crippen LogP contribution in [0.4, 0.5) is 21.9 Å². The molecule has 126 valence electrons. The van der Waals surface area contributed by atoms with Gasteiger partial charge in [-0.25, -0.2) is 4.79 Å². The monoisotopic (exact) mass is 387 g/mol. The third-order valence-corrected chi connectivity index (χ3v) is 4.78. The molecule has 24 heavy (non-hydrogen) atoms. The van der Waals surface area contributed by atoms with E-state index in [1.165, 1.54) is 24.9 Å². The lowest BCUT2D eigenvalue weighted by molar-refractivity contribution is 0.262. The predicted octanol–water partition coefficient (Wildman–Crippen LogP) is 5.39. The fourth-order valence-electron chi connectivity index (χ4n) is 2.96. The van der Waals surface area contributed by atoms with Crippen LogP contribution < -0.4 is 15.5 Å². The van der Waals surface area contributed by atoms with Crippen molar-refractivity contribution in [1.29, 1.82) is 0 Å². The zero-order chi connectivity index (χ0) is 16.9. The van der Waals surface area contributed by atoms with Gasteiger partial charge < -0.3 is 15.5 Å². The molecular weight excluding hydrogens is 366 g/mol. The maximum Gasteiger partial charge on any atom is 0.323 e. The van der Waals surface area contributed by atoms with Crippen LogP contribution in [0.2, 0.25) is 0 Å². The highest BCUT2D eigenvalue weighted by atomic mass is 79.9. The molecule has 1 heterocycles. The number of hydrogen-bond acceptors (Lipinski definition) is 2. The summed E-state index contributed by atoms with van der Waals surface area (Å²) >= 11 is 3.42. The first-order valence-electron chi connectivity index (χ1n) is 8.31. The Kier molecular flexibility index (Phi) is 5.41. The van der Waals surface area contributed by atoms with Crippen molar-refractivity contribution in [3.05, 3.63) is 52.5 Å². The van der Waals surface area contributed by atoms with Crippen molar-refractivity contribution < 1.29 is 4.79 Å². The van der Waals surface area contributed by atoms with Crippen molar-refractivity contribution >= 4 is 39.0 Å². The first-order chi connectivity index (χ1) is 11.6. The van der Waals surface area contributed by atoms with Crippen LogP contribution in [0.5, 0.6) is 0 Å². The third-order valence-electron chi connectivity index (χ3n) is 4.28. The van der Waals surface area contributed by atoms with Gasteiger partial charge in [0.15, 0.2) is 0 Å². The summed E-state index contributed by atoms with van der Waals surface area (Å²) in [6.07, 6.45) is 3.84. The maximum absolute atomic E-state index is 12.2. The molecule has 5 heteroatoms. The van der Waals surface area contributed by atoms with Crippen molar-refractivity contribution in [1.82, 2.24) is 0 Å². The zero-order valence-electron chi connectivity index (χ0n) is 13.8. The fourth-order valence-corrected chi connectivity index (χ4v) is 3.44. The summed E-state index contributed by atoms with van der Waals surface area (Å²) in [5, 5.41) is 5.76. The molecule has 2 N–H and O–H groups in total. The molecule has 0 aromatic heterocycles. The van der Waals surface area contributed by atoms with E-state index < -0.39 is 0 Å². The van der Waals surface area contributed by atoms with Crippen LogP contribution in [0.15, 0.2) is 46.9 Å². The van der Waals surface area contributed by atoms with E-state index in [1.54, 1.807) is 0 Å². The summed E-state index contributed by atoms with van der Waals surface area (Å²) in [6.45, 7) is 4.21. The lowest BCUT2D eigenvalue weighted by Crippen LogP contribution is -2.29. The number of carbonyl (C=O) groups is 1. The van der Waals surface area contributed by atoms with Crippen molar-refractivity contribution in [3.63, 3.8) is 0 Å². The molecule has 1 saturated heterocycles. The van der Waals surface area contributed by atoms with Gasteiger partial charge in [-0.05, 0) is 74.2 Å². The third kappa shape index (κ3) is 4.29. The molecule has 3 rings (SSSR count). The second-order valence-corrected chi connectivity index (χ2v) is 7.05. The molecule has 0 unspecified atom stereocenters. The summed E-state index contributed by atoms with van der Waals surface area (Å²) in [7, 11) is 0. The van der Waals surface area contributed by atoms with Gasteiger partial charge in [-0.15, -0.1) is 0 Å². The van der Waals surface area contributed by atoms with Gasteiger partial charge in [-0.1, -0.05) is 15.9 Å². The van der Waals surface area contributed by atoms with Gasteiger partial charge in [0.05, 0.1) is 0 Å². The van der Waals surface area contributed by atoms with E-state index in [-0.39, 0.29) is 6.03 Å². The van der Waals surface area contributed by atoms with Gasteiger partial charge in [-0.3, -0.25) is 0 Å². The molecule has 2 aromatic rings. The quantitative estimate of drug-likeness (QED) is 0.740. The standard InChI is InChI=1S/C19H22BrN3O/c1-14-13-15(20)5-10-18(14)22-19(24)21-16-6-8-17(9-7-16)23-11-3-2-4-12-23/h5-10,13H,2-4,11-12H2,1H3,(H2,21,22,24). The van der Waals surface area contributed by atoms with Gasteiger partial charge in [0.25, 0.3) is 0 Å². The molecule has 0 spiro atoms. The normalized spacial score (nSPS) is 14.3. The van der Waals surface area contributed by atoms with Gasteiger partial charge in [0.1, 0.15) is 0 Å². The predicted molar refractivity (Wildman–Crippen MR) is 104 cm³/mol. The van der Waals surface area contributed by atoms with Crippen LogP contribution in [0, 0.1) is 6.92 Å². The first kappa shape index (κ1) is 16.8. The summed E-state index contributed by atoms with van der Waals surface area (Å²) in [5.74, 6) is 0. The highest BCUT2D eigenvalue weighted by Gasteiger charge is 2.11. The van der Waals surface area contributed by atoms with E-state index in [9.17, 15) is 4.79 Å². The molecule has 1 fully saturated rings. The highest BCUT2D eigenvalue weighted by molar-refractivity contribution is 9.10. The molecule has 2 amide bonds. The maximum atomic E-state index is 12.2. The Balaban J connectivity index is 1.59. The molecule has 0 aliphatic carbocycles. The van der Waals surface area contributed by atoms with Crippen LogP contribution in [-0.4, -0.2) is 19.1 Å². The van der Waals surface area contributed by atoms with Gasteiger partial charge >= 0.3 is 6.03 Å². The average molecular weight is 388 g/mol. The molecule has 1 aliphatic rings. The number of amides is 2. The number of aryl methyl sites for hydroxylation is 1. The number of piperidine rings is 1. The van der Waals surface area contributed by atoms with E-state index in [0.29, 0.717) is 0 Å². The number of rotatable bonds is 3. The van der Waals surface area contributed by atoms with Crippen LogP contribution in [0.25, 0.3) is 0 Å². The van der Waals surface area contributed by atoms with Gasteiger partial charge in [0.2, 0.25) is 0 Å². The van der Waals surface area contributed by atoms with Crippen molar-refractivity contribution in [2.24, 2.45) is 0 Å². The van der Waals surface area contributed by atoms with Crippen molar-refractivity contribution in [3.8, 4) is 0 Å². The lowest BCUT2D eigenvalue weighted by atomic mass is 10.1. The summed E-state index contributed by atoms with van der Waals surface area (Å²) in [6, 6.07) is 13.6.